The summed E-state index contributed by atoms with van der Waals surface area (Å²) in [5.41, 5.74) is 4.50. The van der Waals surface area contributed by atoms with Crippen molar-refractivity contribution < 1.29 is 4.79 Å². The molecule has 3 nitrogen and oxygen atoms in total. The van der Waals surface area contributed by atoms with Crippen LogP contribution >= 0.6 is 0 Å². The second kappa shape index (κ2) is 7.82. The first-order valence-electron chi connectivity index (χ1n) is 8.12. The van der Waals surface area contributed by atoms with Crippen LogP contribution in [0.4, 0.5) is 11.4 Å². The summed E-state index contributed by atoms with van der Waals surface area (Å²) in [5.74, 6) is 0.591. The Morgan fingerprint density at radius 3 is 2.13 bits per heavy atom. The molecule has 2 rings (SSSR count). The monoisotopic (exact) mass is 310 g/mol. The summed E-state index contributed by atoms with van der Waals surface area (Å²) in [6.07, 6.45) is 1.26. The molecule has 3 heteroatoms. The highest BCUT2D eigenvalue weighted by atomic mass is 16.1. The number of anilines is 2. The normalized spacial score (nSPS) is 10.7. The Hall–Kier alpha value is -2.29. The lowest BCUT2D eigenvalue weighted by molar-refractivity contribution is -0.116. The third-order valence-electron chi connectivity index (χ3n) is 3.95. The minimum Gasteiger partial charge on any atom is -0.378 e. The molecule has 2 aromatic rings. The Balaban J connectivity index is 1.85. The Kier molecular flexibility index (Phi) is 5.80. The van der Waals surface area contributed by atoms with Gasteiger partial charge in [0.1, 0.15) is 0 Å². The molecule has 2 aromatic carbocycles. The minimum atomic E-state index is 0.0514. The summed E-state index contributed by atoms with van der Waals surface area (Å²) in [6, 6.07) is 16.4. The molecule has 0 aliphatic carbocycles. The van der Waals surface area contributed by atoms with Crippen LogP contribution in [-0.4, -0.2) is 20.0 Å². The van der Waals surface area contributed by atoms with Gasteiger partial charge in [0.2, 0.25) is 5.91 Å². The van der Waals surface area contributed by atoms with Gasteiger partial charge in [-0.2, -0.15) is 0 Å². The number of carbonyl (C=O) groups is 1. The molecule has 0 unspecified atom stereocenters. The number of amides is 1. The van der Waals surface area contributed by atoms with E-state index in [1.54, 1.807) is 0 Å². The van der Waals surface area contributed by atoms with Gasteiger partial charge < -0.3 is 10.2 Å². The van der Waals surface area contributed by atoms with Crippen molar-refractivity contribution in [3.05, 3.63) is 59.7 Å². The number of nitrogens with zero attached hydrogens (tertiary/aromatic N) is 1. The van der Waals surface area contributed by atoms with Crippen molar-refractivity contribution >= 4 is 17.3 Å². The number of rotatable bonds is 6. The molecule has 0 heterocycles. The molecule has 1 N–H and O–H groups in total. The van der Waals surface area contributed by atoms with Crippen LogP contribution in [0.1, 0.15) is 37.3 Å². The van der Waals surface area contributed by atoms with Gasteiger partial charge in [-0.1, -0.05) is 38.1 Å². The van der Waals surface area contributed by atoms with Crippen molar-refractivity contribution in [3.8, 4) is 0 Å². The first-order valence-corrected chi connectivity index (χ1v) is 8.12. The summed E-state index contributed by atoms with van der Waals surface area (Å²) in [6.45, 7) is 4.37. The fourth-order valence-electron chi connectivity index (χ4n) is 2.39. The van der Waals surface area contributed by atoms with Crippen LogP contribution in [0.3, 0.4) is 0 Å². The van der Waals surface area contributed by atoms with Crippen LogP contribution in [0.5, 0.6) is 0 Å². The maximum Gasteiger partial charge on any atom is 0.224 e. The standard InChI is InChI=1S/C20H26N2O/c1-15(2)17-8-5-16(6-9-17)7-14-20(23)21-18-10-12-19(13-11-18)22(3)4/h5-6,8-13,15H,7,14H2,1-4H3,(H,21,23). The minimum absolute atomic E-state index is 0.0514. The maximum atomic E-state index is 12.1. The zero-order chi connectivity index (χ0) is 16.8. The van der Waals surface area contributed by atoms with Gasteiger partial charge in [0.05, 0.1) is 0 Å². The molecule has 0 aliphatic rings. The van der Waals surface area contributed by atoms with Gasteiger partial charge in [-0.3, -0.25) is 4.79 Å². The molecule has 0 atom stereocenters. The number of benzene rings is 2. The van der Waals surface area contributed by atoms with Gasteiger partial charge in [0.25, 0.3) is 0 Å². The second-order valence-electron chi connectivity index (χ2n) is 6.39. The molecule has 0 aromatic heterocycles. The van der Waals surface area contributed by atoms with Crippen molar-refractivity contribution in [1.82, 2.24) is 0 Å². The number of aryl methyl sites for hydroxylation is 1. The summed E-state index contributed by atoms with van der Waals surface area (Å²) in [4.78, 5) is 14.1. The van der Waals surface area contributed by atoms with E-state index < -0.39 is 0 Å². The van der Waals surface area contributed by atoms with Crippen LogP contribution in [0.25, 0.3) is 0 Å². The van der Waals surface area contributed by atoms with Gasteiger partial charge in [-0.15, -0.1) is 0 Å². The maximum absolute atomic E-state index is 12.1. The van der Waals surface area contributed by atoms with E-state index in [1.165, 1.54) is 11.1 Å². The number of hydrogen-bond donors (Lipinski definition) is 1. The van der Waals surface area contributed by atoms with Crippen LogP contribution in [-0.2, 0) is 11.2 Å². The fourth-order valence-corrected chi connectivity index (χ4v) is 2.39. The van der Waals surface area contributed by atoms with Crippen LogP contribution in [0, 0.1) is 0 Å². The predicted octanol–water partition coefficient (Wildman–Crippen LogP) is 4.45. The summed E-state index contributed by atoms with van der Waals surface area (Å²) in [7, 11) is 4.00. The van der Waals surface area contributed by atoms with Crippen LogP contribution in [0.15, 0.2) is 48.5 Å². The molecule has 23 heavy (non-hydrogen) atoms. The molecular weight excluding hydrogens is 284 g/mol. The lowest BCUT2D eigenvalue weighted by Gasteiger charge is -2.13. The van der Waals surface area contributed by atoms with E-state index in [1.807, 2.05) is 43.3 Å². The van der Waals surface area contributed by atoms with Crippen molar-refractivity contribution in [3.63, 3.8) is 0 Å². The molecule has 122 valence electrons. The van der Waals surface area contributed by atoms with Gasteiger partial charge >= 0.3 is 0 Å². The molecule has 0 bridgehead atoms. The second-order valence-corrected chi connectivity index (χ2v) is 6.39. The lowest BCUT2D eigenvalue weighted by Crippen LogP contribution is -2.13. The number of carbonyl (C=O) groups excluding carboxylic acids is 1. The van der Waals surface area contributed by atoms with E-state index in [0.29, 0.717) is 12.3 Å². The van der Waals surface area contributed by atoms with E-state index in [-0.39, 0.29) is 5.91 Å². The molecule has 0 fully saturated rings. The summed E-state index contributed by atoms with van der Waals surface area (Å²) >= 11 is 0. The quantitative estimate of drug-likeness (QED) is 0.855. The zero-order valence-corrected chi connectivity index (χ0v) is 14.5. The van der Waals surface area contributed by atoms with E-state index in [2.05, 4.69) is 43.4 Å². The van der Waals surface area contributed by atoms with Crippen LogP contribution in [0.2, 0.25) is 0 Å². The molecular formula is C20H26N2O. The zero-order valence-electron chi connectivity index (χ0n) is 14.5. The first-order chi connectivity index (χ1) is 11.0. The van der Waals surface area contributed by atoms with E-state index >= 15 is 0 Å². The molecule has 0 saturated heterocycles. The van der Waals surface area contributed by atoms with Gasteiger partial charge in [0.15, 0.2) is 0 Å². The average Bonchev–Trinajstić information content (AvgIpc) is 2.54. The molecule has 0 saturated carbocycles. The third-order valence-corrected chi connectivity index (χ3v) is 3.95. The van der Waals surface area contributed by atoms with Crippen molar-refractivity contribution in [2.45, 2.75) is 32.6 Å². The van der Waals surface area contributed by atoms with E-state index in [4.69, 9.17) is 0 Å². The Morgan fingerprint density at radius 2 is 1.61 bits per heavy atom. The van der Waals surface area contributed by atoms with Gasteiger partial charge in [0, 0.05) is 31.9 Å². The Morgan fingerprint density at radius 1 is 1.00 bits per heavy atom. The van der Waals surface area contributed by atoms with Gasteiger partial charge in [-0.05, 0) is 47.7 Å². The molecule has 0 spiro atoms. The van der Waals surface area contributed by atoms with E-state index in [9.17, 15) is 4.79 Å². The fraction of sp³-hybridized carbons (Fsp3) is 0.350. The van der Waals surface area contributed by atoms with Crippen molar-refractivity contribution in [1.29, 1.82) is 0 Å². The third kappa shape index (κ3) is 5.13. The van der Waals surface area contributed by atoms with Crippen molar-refractivity contribution in [2.24, 2.45) is 0 Å². The first kappa shape index (κ1) is 17.1. The van der Waals surface area contributed by atoms with Gasteiger partial charge in [-0.25, -0.2) is 0 Å². The highest BCUT2D eigenvalue weighted by molar-refractivity contribution is 5.91. The lowest BCUT2D eigenvalue weighted by atomic mass is 10.0. The Labute approximate surface area is 139 Å². The number of nitrogens with one attached hydrogen (secondary N) is 1. The SMILES string of the molecule is CC(C)c1ccc(CCC(=O)Nc2ccc(N(C)C)cc2)cc1. The molecule has 1 amide bonds. The molecule has 0 aliphatic heterocycles. The summed E-state index contributed by atoms with van der Waals surface area (Å²) < 4.78 is 0. The molecule has 0 radical (unpaired) electrons. The predicted molar refractivity (Wildman–Crippen MR) is 98.3 cm³/mol. The highest BCUT2D eigenvalue weighted by Crippen LogP contribution is 2.17. The van der Waals surface area contributed by atoms with Crippen molar-refractivity contribution in [2.75, 3.05) is 24.3 Å². The highest BCUT2D eigenvalue weighted by Gasteiger charge is 2.05. The largest absolute Gasteiger partial charge is 0.378 e. The number of hydrogen-bond acceptors (Lipinski definition) is 2. The average molecular weight is 310 g/mol. The smallest absolute Gasteiger partial charge is 0.224 e. The van der Waals surface area contributed by atoms with Crippen LogP contribution < -0.4 is 10.2 Å². The summed E-state index contributed by atoms with van der Waals surface area (Å²) in [5, 5.41) is 2.95. The topological polar surface area (TPSA) is 32.3 Å². The van der Waals surface area contributed by atoms with E-state index in [0.717, 1.165) is 17.8 Å². The Bertz CT molecular complexity index is 628.